The molecule has 0 radical (unpaired) electrons. The number of carbonyl (C=O) groups excluding carboxylic acids is 1. The highest BCUT2D eigenvalue weighted by Crippen LogP contribution is 2.19. The van der Waals surface area contributed by atoms with Gasteiger partial charge in [0.2, 0.25) is 0 Å². The van der Waals surface area contributed by atoms with Crippen molar-refractivity contribution in [3.05, 3.63) is 77.6 Å². The molecule has 4 nitrogen and oxygen atoms in total. The van der Waals surface area contributed by atoms with Gasteiger partial charge in [0.25, 0.3) is 0 Å². The van der Waals surface area contributed by atoms with Crippen molar-refractivity contribution in [2.45, 2.75) is 47.3 Å². The SMILES string of the molecule is C=C(C(=O)OCc1ccccc1)c1ccc(COCCOC)c(F)c1.CC.CCC. The summed E-state index contributed by atoms with van der Waals surface area (Å²) in [5.74, 6) is -1.03. The van der Waals surface area contributed by atoms with Gasteiger partial charge in [0.05, 0.1) is 25.4 Å². The average Bonchev–Trinajstić information content (AvgIpc) is 2.78. The molecule has 0 bridgehead atoms. The molecular weight excluding hydrogens is 383 g/mol. The van der Waals surface area contributed by atoms with Crippen molar-refractivity contribution in [1.29, 1.82) is 0 Å². The van der Waals surface area contributed by atoms with Gasteiger partial charge in [-0.05, 0) is 17.2 Å². The quantitative estimate of drug-likeness (QED) is 0.277. The summed E-state index contributed by atoms with van der Waals surface area (Å²) in [6.07, 6.45) is 1.25. The van der Waals surface area contributed by atoms with Gasteiger partial charge in [0.15, 0.2) is 0 Å². The number of benzene rings is 2. The summed E-state index contributed by atoms with van der Waals surface area (Å²) < 4.78 is 29.5. The average molecular weight is 419 g/mol. The predicted molar refractivity (Wildman–Crippen MR) is 121 cm³/mol. The number of halogens is 1. The molecule has 0 heterocycles. The third-order valence-electron chi connectivity index (χ3n) is 3.55. The Bertz CT molecular complexity index is 729. The van der Waals surface area contributed by atoms with E-state index in [1.165, 1.54) is 12.5 Å². The van der Waals surface area contributed by atoms with Gasteiger partial charge < -0.3 is 14.2 Å². The molecule has 0 aliphatic carbocycles. The highest BCUT2D eigenvalue weighted by atomic mass is 19.1. The van der Waals surface area contributed by atoms with Gasteiger partial charge in [-0.3, -0.25) is 0 Å². The normalized spacial score (nSPS) is 9.53. The van der Waals surface area contributed by atoms with Crippen molar-refractivity contribution in [1.82, 2.24) is 0 Å². The van der Waals surface area contributed by atoms with Crippen molar-refractivity contribution in [3.8, 4) is 0 Å². The number of hydrogen-bond acceptors (Lipinski definition) is 4. The van der Waals surface area contributed by atoms with Crippen molar-refractivity contribution >= 4 is 11.5 Å². The Morgan fingerprint density at radius 1 is 1.00 bits per heavy atom. The molecule has 0 fully saturated rings. The maximum atomic E-state index is 14.1. The number of esters is 1. The topological polar surface area (TPSA) is 44.8 Å². The van der Waals surface area contributed by atoms with Crippen LogP contribution in [0.5, 0.6) is 0 Å². The van der Waals surface area contributed by atoms with E-state index in [1.807, 2.05) is 44.2 Å². The van der Waals surface area contributed by atoms with Gasteiger partial charge in [-0.2, -0.15) is 0 Å². The van der Waals surface area contributed by atoms with Crippen LogP contribution in [-0.2, 0) is 32.2 Å². The molecule has 0 unspecified atom stereocenters. The molecule has 30 heavy (non-hydrogen) atoms. The van der Waals surface area contributed by atoms with E-state index in [4.69, 9.17) is 14.2 Å². The molecular formula is C25H35FO4. The summed E-state index contributed by atoms with van der Waals surface area (Å²) in [5, 5.41) is 0. The summed E-state index contributed by atoms with van der Waals surface area (Å²) >= 11 is 0. The highest BCUT2D eigenvalue weighted by molar-refractivity contribution is 6.15. The predicted octanol–water partition coefficient (Wildman–Crippen LogP) is 6.19. The second kappa shape index (κ2) is 17.4. The Hall–Kier alpha value is -2.50. The monoisotopic (exact) mass is 418 g/mol. The first-order valence-corrected chi connectivity index (χ1v) is 10.3. The van der Waals surface area contributed by atoms with Gasteiger partial charge >= 0.3 is 5.97 Å². The Kier molecular flexibility index (Phi) is 15.9. The number of hydrogen-bond donors (Lipinski definition) is 0. The van der Waals surface area contributed by atoms with E-state index < -0.39 is 11.8 Å². The van der Waals surface area contributed by atoms with Crippen LogP contribution >= 0.6 is 0 Å². The van der Waals surface area contributed by atoms with Gasteiger partial charge in [0.1, 0.15) is 12.4 Å². The number of methoxy groups -OCH3 is 1. The Morgan fingerprint density at radius 2 is 1.63 bits per heavy atom. The maximum absolute atomic E-state index is 14.1. The van der Waals surface area contributed by atoms with Crippen LogP contribution in [0.25, 0.3) is 5.57 Å². The molecule has 0 spiro atoms. The van der Waals surface area contributed by atoms with Crippen LogP contribution in [0.1, 0.15) is 50.8 Å². The molecule has 0 aromatic heterocycles. The minimum Gasteiger partial charge on any atom is -0.457 e. The Labute approximate surface area is 180 Å². The zero-order valence-corrected chi connectivity index (χ0v) is 18.9. The molecule has 5 heteroatoms. The smallest absolute Gasteiger partial charge is 0.338 e. The van der Waals surface area contributed by atoms with Gasteiger partial charge in [0, 0.05) is 12.7 Å². The summed E-state index contributed by atoms with van der Waals surface area (Å²) in [6, 6.07) is 13.8. The van der Waals surface area contributed by atoms with E-state index in [1.54, 1.807) is 19.2 Å². The van der Waals surface area contributed by atoms with Gasteiger partial charge in [-0.1, -0.05) is 83.2 Å². The van der Waals surface area contributed by atoms with E-state index in [-0.39, 0.29) is 18.8 Å². The van der Waals surface area contributed by atoms with E-state index in [2.05, 4.69) is 20.4 Å². The van der Waals surface area contributed by atoms with Gasteiger partial charge in [-0.25, -0.2) is 9.18 Å². The zero-order valence-electron chi connectivity index (χ0n) is 18.9. The molecule has 0 aliphatic rings. The summed E-state index contributed by atoms with van der Waals surface area (Å²) in [7, 11) is 1.57. The van der Waals surface area contributed by atoms with Crippen LogP contribution in [0.3, 0.4) is 0 Å². The fourth-order valence-corrected chi connectivity index (χ4v) is 2.10. The molecule has 2 aromatic rings. The van der Waals surface area contributed by atoms with E-state index in [0.717, 1.165) is 5.56 Å². The third-order valence-corrected chi connectivity index (χ3v) is 3.55. The minimum atomic E-state index is -0.577. The van der Waals surface area contributed by atoms with Crippen LogP contribution in [-0.4, -0.2) is 26.3 Å². The molecule has 0 aliphatic heterocycles. The third kappa shape index (κ3) is 10.9. The highest BCUT2D eigenvalue weighted by Gasteiger charge is 2.13. The Morgan fingerprint density at radius 3 is 2.20 bits per heavy atom. The molecule has 0 amide bonds. The number of ether oxygens (including phenoxy) is 3. The molecule has 2 aromatic carbocycles. The molecule has 0 atom stereocenters. The lowest BCUT2D eigenvalue weighted by molar-refractivity contribution is -0.137. The van der Waals surface area contributed by atoms with Crippen LogP contribution in [0, 0.1) is 5.82 Å². The molecule has 166 valence electrons. The number of rotatable bonds is 9. The second-order valence-corrected chi connectivity index (χ2v) is 6.10. The largest absolute Gasteiger partial charge is 0.457 e. The van der Waals surface area contributed by atoms with Gasteiger partial charge in [-0.15, -0.1) is 0 Å². The van der Waals surface area contributed by atoms with Crippen LogP contribution in [0.4, 0.5) is 4.39 Å². The summed E-state index contributed by atoms with van der Waals surface area (Å²) in [4.78, 5) is 12.1. The lowest BCUT2D eigenvalue weighted by Crippen LogP contribution is -2.07. The number of carbonyl (C=O) groups is 1. The Balaban J connectivity index is 0.00000154. The molecule has 0 saturated carbocycles. The van der Waals surface area contributed by atoms with Crippen molar-refractivity contribution < 1.29 is 23.4 Å². The van der Waals surface area contributed by atoms with Crippen molar-refractivity contribution in [3.63, 3.8) is 0 Å². The molecule has 0 N–H and O–H groups in total. The van der Waals surface area contributed by atoms with E-state index in [0.29, 0.717) is 24.3 Å². The first-order valence-electron chi connectivity index (χ1n) is 10.3. The maximum Gasteiger partial charge on any atom is 0.338 e. The van der Waals surface area contributed by atoms with Crippen molar-refractivity contribution in [2.24, 2.45) is 0 Å². The van der Waals surface area contributed by atoms with E-state index in [9.17, 15) is 9.18 Å². The summed E-state index contributed by atoms with van der Waals surface area (Å²) in [5.41, 5.74) is 1.78. The summed E-state index contributed by atoms with van der Waals surface area (Å²) in [6.45, 7) is 13.1. The fraction of sp³-hybridized carbons (Fsp3) is 0.400. The lowest BCUT2D eigenvalue weighted by atomic mass is 10.1. The fourth-order valence-electron chi connectivity index (χ4n) is 2.10. The van der Waals surface area contributed by atoms with Crippen LogP contribution < -0.4 is 0 Å². The molecule has 2 rings (SSSR count). The van der Waals surface area contributed by atoms with Crippen LogP contribution in [0.2, 0.25) is 0 Å². The minimum absolute atomic E-state index is 0.113. The zero-order chi connectivity index (χ0) is 22.8. The van der Waals surface area contributed by atoms with E-state index >= 15 is 0 Å². The first-order chi connectivity index (χ1) is 14.5. The second-order valence-electron chi connectivity index (χ2n) is 6.10. The standard InChI is InChI=1S/C20H21FO4.C3H8.C2H6/c1-15(20(22)25-13-16-6-4-3-5-7-16)17-8-9-18(19(21)12-17)14-24-11-10-23-2;1-3-2;1-2/h3-9,12H,1,10-11,13-14H2,2H3;3H2,1-2H3;1-2H3. The van der Waals surface area contributed by atoms with Crippen molar-refractivity contribution in [2.75, 3.05) is 20.3 Å². The lowest BCUT2D eigenvalue weighted by Gasteiger charge is -2.10. The van der Waals surface area contributed by atoms with Crippen LogP contribution in [0.15, 0.2) is 55.1 Å². The first kappa shape index (κ1) is 27.5. The molecule has 0 saturated heterocycles.